The molecule has 42 heavy (non-hydrogen) atoms. The summed E-state index contributed by atoms with van der Waals surface area (Å²) in [5.74, 6) is 1.32. The predicted molar refractivity (Wildman–Crippen MR) is 163 cm³/mol. The average molecular weight is 592 g/mol. The molecule has 2 aromatic carbocycles. The Balaban J connectivity index is 1.44. The number of ether oxygens (including phenoxy) is 2. The van der Waals surface area contributed by atoms with Crippen LogP contribution in [-0.2, 0) is 17.1 Å². The van der Waals surface area contributed by atoms with Crippen LogP contribution in [0, 0.1) is 5.41 Å². The van der Waals surface area contributed by atoms with Gasteiger partial charge in [-0.15, -0.1) is 0 Å². The Morgan fingerprint density at radius 1 is 0.929 bits per heavy atom. The monoisotopic (exact) mass is 591 g/mol. The van der Waals surface area contributed by atoms with Gasteiger partial charge in [-0.1, -0.05) is 32.9 Å². The van der Waals surface area contributed by atoms with Crippen LogP contribution in [0.25, 0.3) is 11.3 Å². The molecule has 0 spiro atoms. The highest BCUT2D eigenvalue weighted by molar-refractivity contribution is 7.92. The van der Waals surface area contributed by atoms with Gasteiger partial charge in [0.25, 0.3) is 10.0 Å². The molecule has 3 heterocycles. The number of hydrogen-bond acceptors (Lipinski definition) is 9. The Bertz CT molecular complexity index is 1620. The highest BCUT2D eigenvalue weighted by Crippen LogP contribution is 2.30. The minimum absolute atomic E-state index is 0.00135. The summed E-state index contributed by atoms with van der Waals surface area (Å²) in [7, 11) is -0.210. The number of nitrogens with one attached hydrogen (secondary N) is 1. The fourth-order valence-corrected chi connectivity index (χ4v) is 5.27. The Hall–Kier alpha value is -4.16. The number of aromatic nitrogens is 4. The number of benzene rings is 2. The molecule has 0 aliphatic carbocycles. The fourth-order valence-electron chi connectivity index (χ4n) is 4.34. The van der Waals surface area contributed by atoms with Gasteiger partial charge in [-0.2, -0.15) is 10.1 Å². The number of sulfonamides is 1. The van der Waals surface area contributed by atoms with Crippen molar-refractivity contribution in [1.82, 2.24) is 24.6 Å². The van der Waals surface area contributed by atoms with Crippen LogP contribution < -0.4 is 19.1 Å². The normalized spacial score (nSPS) is 14.5. The van der Waals surface area contributed by atoms with Gasteiger partial charge in [0.2, 0.25) is 11.8 Å². The first-order valence-corrected chi connectivity index (χ1v) is 15.3. The van der Waals surface area contributed by atoms with Crippen LogP contribution in [0.2, 0.25) is 0 Å². The minimum Gasteiger partial charge on any atom is -0.493 e. The van der Waals surface area contributed by atoms with Crippen molar-refractivity contribution in [1.29, 1.82) is 0 Å². The van der Waals surface area contributed by atoms with E-state index in [4.69, 9.17) is 9.47 Å². The average Bonchev–Trinajstić information content (AvgIpc) is 3.40. The molecule has 1 fully saturated rings. The molecule has 0 saturated carbocycles. The Kier molecular flexibility index (Phi) is 8.37. The molecule has 222 valence electrons. The SMILES string of the molecule is CN1CCN(c2ccc(Oc3cc(-c4cccc(OCC(C)(C)C)c4)nc(NS(=O)(=O)c4cnn(C)c4)n3)cc2)CC1. The van der Waals surface area contributed by atoms with E-state index in [1.807, 2.05) is 48.5 Å². The van der Waals surface area contributed by atoms with Crippen LogP contribution in [-0.4, -0.2) is 72.9 Å². The quantitative estimate of drug-likeness (QED) is 0.297. The molecular weight excluding hydrogens is 554 g/mol. The van der Waals surface area contributed by atoms with Crippen LogP contribution in [0.5, 0.6) is 17.4 Å². The summed E-state index contributed by atoms with van der Waals surface area (Å²) >= 11 is 0. The van der Waals surface area contributed by atoms with E-state index in [9.17, 15) is 8.42 Å². The molecule has 1 aliphatic rings. The number of anilines is 2. The van der Waals surface area contributed by atoms with Crippen LogP contribution in [0.4, 0.5) is 11.6 Å². The third-order valence-corrected chi connectivity index (χ3v) is 7.93. The van der Waals surface area contributed by atoms with Crippen LogP contribution in [0.3, 0.4) is 0 Å². The molecule has 0 atom stereocenters. The van der Waals surface area contributed by atoms with Crippen molar-refractivity contribution in [3.05, 3.63) is 67.0 Å². The van der Waals surface area contributed by atoms with E-state index in [2.05, 4.69) is 57.4 Å². The third-order valence-electron chi connectivity index (χ3n) is 6.65. The molecule has 1 saturated heterocycles. The van der Waals surface area contributed by atoms with Gasteiger partial charge in [-0.25, -0.2) is 18.1 Å². The highest BCUT2D eigenvalue weighted by atomic mass is 32.2. The van der Waals surface area contributed by atoms with E-state index in [0.717, 1.165) is 37.4 Å². The topological polar surface area (TPSA) is 115 Å². The van der Waals surface area contributed by atoms with Gasteiger partial charge in [-0.05, 0) is 48.9 Å². The van der Waals surface area contributed by atoms with Gasteiger partial charge in [0.1, 0.15) is 16.4 Å². The van der Waals surface area contributed by atoms with Gasteiger partial charge >= 0.3 is 0 Å². The number of likely N-dealkylation sites (N-methyl/N-ethyl adjacent to an activating group) is 1. The van der Waals surface area contributed by atoms with E-state index >= 15 is 0 Å². The summed E-state index contributed by atoms with van der Waals surface area (Å²) in [6.45, 7) is 10.8. The molecule has 0 bridgehead atoms. The van der Waals surface area contributed by atoms with Gasteiger partial charge in [0.05, 0.1) is 18.5 Å². The lowest BCUT2D eigenvalue weighted by molar-refractivity contribution is 0.198. The third kappa shape index (κ3) is 7.56. The molecule has 12 heteroatoms. The molecule has 11 nitrogen and oxygen atoms in total. The largest absolute Gasteiger partial charge is 0.493 e. The highest BCUT2D eigenvalue weighted by Gasteiger charge is 2.20. The van der Waals surface area contributed by atoms with E-state index in [-0.39, 0.29) is 22.1 Å². The van der Waals surface area contributed by atoms with Gasteiger partial charge < -0.3 is 19.3 Å². The summed E-state index contributed by atoms with van der Waals surface area (Å²) in [5, 5.41) is 3.96. The van der Waals surface area contributed by atoms with Gasteiger partial charge in [0, 0.05) is 56.7 Å². The Morgan fingerprint density at radius 2 is 1.67 bits per heavy atom. The maximum atomic E-state index is 13.1. The summed E-state index contributed by atoms with van der Waals surface area (Å²) in [6.07, 6.45) is 2.67. The van der Waals surface area contributed by atoms with Crippen molar-refractivity contribution in [2.75, 3.05) is 49.5 Å². The summed E-state index contributed by atoms with van der Waals surface area (Å²) in [4.78, 5) is 13.6. The van der Waals surface area contributed by atoms with Crippen LogP contribution >= 0.6 is 0 Å². The van der Waals surface area contributed by atoms with Gasteiger partial charge in [0.15, 0.2) is 0 Å². The molecule has 1 N–H and O–H groups in total. The second-order valence-corrected chi connectivity index (χ2v) is 13.3. The molecular formula is C30H37N7O4S. The first-order valence-electron chi connectivity index (χ1n) is 13.8. The fraction of sp³-hybridized carbons (Fsp3) is 0.367. The van der Waals surface area contributed by atoms with Crippen LogP contribution in [0.1, 0.15) is 20.8 Å². The second kappa shape index (κ2) is 12.0. The number of piperazine rings is 1. The zero-order valence-corrected chi connectivity index (χ0v) is 25.4. The maximum Gasteiger partial charge on any atom is 0.267 e. The minimum atomic E-state index is -3.98. The van der Waals surface area contributed by atoms with E-state index in [1.165, 1.54) is 17.1 Å². The molecule has 0 amide bonds. The number of rotatable bonds is 9. The maximum absolute atomic E-state index is 13.1. The summed E-state index contributed by atoms with van der Waals surface area (Å²) < 4.78 is 42.1. The zero-order valence-electron chi connectivity index (χ0n) is 24.6. The summed E-state index contributed by atoms with van der Waals surface area (Å²) in [6, 6.07) is 17.0. The van der Waals surface area contributed by atoms with Crippen LogP contribution in [0.15, 0.2) is 71.9 Å². The number of nitrogens with zero attached hydrogens (tertiary/aromatic N) is 6. The lowest BCUT2D eigenvalue weighted by atomic mass is 9.99. The van der Waals surface area contributed by atoms with Crippen molar-refractivity contribution >= 4 is 21.7 Å². The molecule has 4 aromatic rings. The molecule has 1 aliphatic heterocycles. The second-order valence-electron chi connectivity index (χ2n) is 11.6. The van der Waals surface area contributed by atoms with E-state index in [0.29, 0.717) is 23.8 Å². The van der Waals surface area contributed by atoms with Crippen molar-refractivity contribution in [2.45, 2.75) is 25.7 Å². The molecule has 0 unspecified atom stereocenters. The van der Waals surface area contributed by atoms with Gasteiger partial charge in [-0.3, -0.25) is 4.68 Å². The molecule has 0 radical (unpaired) electrons. The summed E-state index contributed by atoms with van der Waals surface area (Å²) in [5.41, 5.74) is 2.31. The predicted octanol–water partition coefficient (Wildman–Crippen LogP) is 4.65. The number of aryl methyl sites for hydroxylation is 1. The van der Waals surface area contributed by atoms with E-state index < -0.39 is 10.0 Å². The first kappa shape index (κ1) is 29.3. The van der Waals surface area contributed by atoms with Crippen molar-refractivity contribution < 1.29 is 17.9 Å². The van der Waals surface area contributed by atoms with E-state index in [1.54, 1.807) is 13.1 Å². The van der Waals surface area contributed by atoms with Crippen molar-refractivity contribution in [3.8, 4) is 28.6 Å². The zero-order chi connectivity index (χ0) is 29.9. The lowest BCUT2D eigenvalue weighted by Gasteiger charge is -2.34. The van der Waals surface area contributed by atoms with Crippen molar-refractivity contribution in [3.63, 3.8) is 0 Å². The number of hydrogen-bond donors (Lipinski definition) is 1. The Morgan fingerprint density at radius 3 is 2.33 bits per heavy atom. The molecule has 2 aromatic heterocycles. The van der Waals surface area contributed by atoms with Crippen molar-refractivity contribution in [2.24, 2.45) is 12.5 Å². The standard InChI is InChI=1S/C30H37N7O4S/c1-30(2,3)21-40-25-8-6-7-22(17-25)27-18-28(33-29(32-27)34-42(38,39)26-19-31-36(5)20-26)41-24-11-9-23(10-12-24)37-15-13-35(4)14-16-37/h6-12,17-20H,13-16,21H2,1-5H3,(H,32,33,34). The lowest BCUT2D eigenvalue weighted by Crippen LogP contribution is -2.44. The smallest absolute Gasteiger partial charge is 0.267 e. The Labute approximate surface area is 247 Å². The molecule has 5 rings (SSSR count). The first-order chi connectivity index (χ1) is 19.9.